The third-order valence-corrected chi connectivity index (χ3v) is 3.52. The normalized spacial score (nSPS) is 16.4. The number of amides is 1. The highest BCUT2D eigenvalue weighted by Crippen LogP contribution is 2.17. The van der Waals surface area contributed by atoms with Gasteiger partial charge >= 0.3 is 6.09 Å². The SMILES string of the molecule is CC(C)(C)OC(=O)N1CCCN(c2cc(CN)ccn2)CC1. The van der Waals surface area contributed by atoms with Crippen molar-refractivity contribution in [2.75, 3.05) is 31.1 Å². The molecule has 0 spiro atoms. The van der Waals surface area contributed by atoms with E-state index >= 15 is 0 Å². The molecular formula is C16H26N4O2. The number of pyridine rings is 1. The van der Waals surface area contributed by atoms with Crippen molar-refractivity contribution in [1.82, 2.24) is 9.88 Å². The van der Waals surface area contributed by atoms with Crippen LogP contribution in [0, 0.1) is 0 Å². The molecule has 0 unspecified atom stereocenters. The summed E-state index contributed by atoms with van der Waals surface area (Å²) in [5, 5.41) is 0. The first kappa shape index (κ1) is 16.5. The lowest BCUT2D eigenvalue weighted by molar-refractivity contribution is 0.0263. The van der Waals surface area contributed by atoms with Gasteiger partial charge in [0.05, 0.1) is 0 Å². The topological polar surface area (TPSA) is 71.7 Å². The second-order valence-electron chi connectivity index (χ2n) is 6.53. The lowest BCUT2D eigenvalue weighted by Gasteiger charge is -2.26. The molecule has 1 fully saturated rings. The lowest BCUT2D eigenvalue weighted by atomic mass is 10.2. The van der Waals surface area contributed by atoms with Crippen LogP contribution in [0.3, 0.4) is 0 Å². The van der Waals surface area contributed by atoms with Crippen molar-refractivity contribution in [3.05, 3.63) is 23.9 Å². The number of anilines is 1. The van der Waals surface area contributed by atoms with E-state index < -0.39 is 5.60 Å². The van der Waals surface area contributed by atoms with E-state index in [4.69, 9.17) is 10.5 Å². The number of carbonyl (C=O) groups excluding carboxylic acids is 1. The van der Waals surface area contributed by atoms with Gasteiger partial charge in [0.1, 0.15) is 11.4 Å². The zero-order chi connectivity index (χ0) is 16.2. The van der Waals surface area contributed by atoms with Gasteiger partial charge in [-0.15, -0.1) is 0 Å². The largest absolute Gasteiger partial charge is 0.444 e. The van der Waals surface area contributed by atoms with Crippen LogP contribution in [0.4, 0.5) is 10.6 Å². The minimum Gasteiger partial charge on any atom is -0.444 e. The number of hydrogen-bond acceptors (Lipinski definition) is 5. The van der Waals surface area contributed by atoms with Crippen LogP contribution in [0.1, 0.15) is 32.8 Å². The van der Waals surface area contributed by atoms with Crippen LogP contribution in [-0.2, 0) is 11.3 Å². The standard InChI is InChI=1S/C16H26N4O2/c1-16(2,3)22-15(21)20-8-4-7-19(9-10-20)14-11-13(12-17)5-6-18-14/h5-6,11H,4,7-10,12,17H2,1-3H3. The third-order valence-electron chi connectivity index (χ3n) is 3.52. The van der Waals surface area contributed by atoms with E-state index in [9.17, 15) is 4.79 Å². The smallest absolute Gasteiger partial charge is 0.410 e. The Morgan fingerprint density at radius 2 is 2.09 bits per heavy atom. The monoisotopic (exact) mass is 306 g/mol. The Morgan fingerprint density at radius 1 is 1.32 bits per heavy atom. The van der Waals surface area contributed by atoms with Gasteiger partial charge in [-0.1, -0.05) is 0 Å². The highest BCUT2D eigenvalue weighted by atomic mass is 16.6. The maximum Gasteiger partial charge on any atom is 0.410 e. The van der Waals surface area contributed by atoms with Crippen molar-refractivity contribution in [3.8, 4) is 0 Å². The maximum absolute atomic E-state index is 12.2. The van der Waals surface area contributed by atoms with Crippen LogP contribution in [0.25, 0.3) is 0 Å². The van der Waals surface area contributed by atoms with Crippen molar-refractivity contribution in [2.45, 2.75) is 39.3 Å². The summed E-state index contributed by atoms with van der Waals surface area (Å²) in [6, 6.07) is 3.94. The van der Waals surface area contributed by atoms with Crippen molar-refractivity contribution in [2.24, 2.45) is 5.73 Å². The first-order valence-electron chi connectivity index (χ1n) is 7.77. The first-order valence-corrected chi connectivity index (χ1v) is 7.77. The fourth-order valence-electron chi connectivity index (χ4n) is 2.42. The van der Waals surface area contributed by atoms with Crippen molar-refractivity contribution >= 4 is 11.9 Å². The summed E-state index contributed by atoms with van der Waals surface area (Å²) >= 11 is 0. The van der Waals surface area contributed by atoms with Crippen molar-refractivity contribution in [3.63, 3.8) is 0 Å². The van der Waals surface area contributed by atoms with Gasteiger partial charge in [0.25, 0.3) is 0 Å². The quantitative estimate of drug-likeness (QED) is 0.904. The molecule has 22 heavy (non-hydrogen) atoms. The Bertz CT molecular complexity index is 513. The Labute approximate surface area is 132 Å². The molecule has 2 rings (SSSR count). The average molecular weight is 306 g/mol. The summed E-state index contributed by atoms with van der Waals surface area (Å²) in [5.41, 5.74) is 6.29. The van der Waals surface area contributed by atoms with Gasteiger partial charge in [-0.25, -0.2) is 9.78 Å². The molecule has 0 saturated carbocycles. The van der Waals surface area contributed by atoms with Crippen LogP contribution in [0.2, 0.25) is 0 Å². The molecule has 1 aromatic rings. The molecule has 0 radical (unpaired) electrons. The summed E-state index contributed by atoms with van der Waals surface area (Å²) < 4.78 is 5.45. The van der Waals surface area contributed by atoms with Crippen molar-refractivity contribution < 1.29 is 9.53 Å². The Morgan fingerprint density at radius 3 is 2.77 bits per heavy atom. The maximum atomic E-state index is 12.2. The van der Waals surface area contributed by atoms with Crippen LogP contribution >= 0.6 is 0 Å². The fraction of sp³-hybridized carbons (Fsp3) is 0.625. The number of ether oxygens (including phenoxy) is 1. The number of aromatic nitrogens is 1. The fourth-order valence-corrected chi connectivity index (χ4v) is 2.42. The molecule has 6 heteroatoms. The molecule has 6 nitrogen and oxygen atoms in total. The lowest BCUT2D eigenvalue weighted by Crippen LogP contribution is -2.39. The molecule has 1 amide bonds. The predicted octanol–water partition coefficient (Wildman–Crippen LogP) is 1.99. The van der Waals surface area contributed by atoms with E-state index in [1.807, 2.05) is 32.9 Å². The van der Waals surface area contributed by atoms with Gasteiger partial charge in [0, 0.05) is 38.9 Å². The van der Waals surface area contributed by atoms with Crippen molar-refractivity contribution in [1.29, 1.82) is 0 Å². The first-order chi connectivity index (χ1) is 10.4. The van der Waals surface area contributed by atoms with E-state index in [1.54, 1.807) is 11.1 Å². The van der Waals surface area contributed by atoms with Crippen LogP contribution in [-0.4, -0.2) is 47.8 Å². The summed E-state index contributed by atoms with van der Waals surface area (Å²) in [5.74, 6) is 0.925. The molecule has 2 heterocycles. The van der Waals surface area contributed by atoms with Crippen LogP contribution in [0.15, 0.2) is 18.3 Å². The number of nitrogens with two attached hydrogens (primary N) is 1. The number of hydrogen-bond donors (Lipinski definition) is 1. The molecule has 0 aliphatic carbocycles. The molecule has 1 aliphatic rings. The predicted molar refractivity (Wildman–Crippen MR) is 86.8 cm³/mol. The molecule has 0 aromatic carbocycles. The Hall–Kier alpha value is -1.82. The van der Waals surface area contributed by atoms with Gasteiger partial charge in [0.15, 0.2) is 0 Å². The highest BCUT2D eigenvalue weighted by molar-refractivity contribution is 5.68. The van der Waals surface area contributed by atoms with Gasteiger partial charge in [0.2, 0.25) is 0 Å². The van der Waals surface area contributed by atoms with E-state index in [1.165, 1.54) is 0 Å². The van der Waals surface area contributed by atoms with Gasteiger partial charge in [-0.3, -0.25) is 0 Å². The minimum atomic E-state index is -0.458. The molecule has 2 N–H and O–H groups in total. The van der Waals surface area contributed by atoms with Crippen LogP contribution in [0.5, 0.6) is 0 Å². The molecular weight excluding hydrogens is 280 g/mol. The summed E-state index contributed by atoms with van der Waals surface area (Å²) in [7, 11) is 0. The number of carbonyl (C=O) groups is 1. The highest BCUT2D eigenvalue weighted by Gasteiger charge is 2.24. The molecule has 1 saturated heterocycles. The van der Waals surface area contributed by atoms with Gasteiger partial charge in [-0.05, 0) is 44.9 Å². The minimum absolute atomic E-state index is 0.238. The Balaban J connectivity index is 1.98. The summed E-state index contributed by atoms with van der Waals surface area (Å²) in [6.45, 7) is 9.14. The average Bonchev–Trinajstić information content (AvgIpc) is 2.71. The molecule has 0 atom stereocenters. The molecule has 1 aliphatic heterocycles. The summed E-state index contributed by atoms with van der Waals surface area (Å²) in [4.78, 5) is 20.6. The molecule has 122 valence electrons. The number of nitrogens with zero attached hydrogens (tertiary/aromatic N) is 3. The second kappa shape index (κ2) is 6.96. The van der Waals surface area contributed by atoms with E-state index in [0.717, 1.165) is 30.9 Å². The van der Waals surface area contributed by atoms with E-state index in [0.29, 0.717) is 19.6 Å². The zero-order valence-corrected chi connectivity index (χ0v) is 13.7. The van der Waals surface area contributed by atoms with Gasteiger partial charge < -0.3 is 20.3 Å². The Kier molecular flexibility index (Phi) is 5.24. The number of rotatable bonds is 2. The zero-order valence-electron chi connectivity index (χ0n) is 13.7. The van der Waals surface area contributed by atoms with Crippen LogP contribution < -0.4 is 10.6 Å². The van der Waals surface area contributed by atoms with E-state index in [-0.39, 0.29) is 6.09 Å². The summed E-state index contributed by atoms with van der Waals surface area (Å²) in [6.07, 6.45) is 2.44. The third kappa shape index (κ3) is 4.59. The van der Waals surface area contributed by atoms with E-state index in [2.05, 4.69) is 9.88 Å². The van der Waals surface area contributed by atoms with Gasteiger partial charge in [-0.2, -0.15) is 0 Å². The molecule has 1 aromatic heterocycles. The molecule has 0 bridgehead atoms. The second-order valence-corrected chi connectivity index (χ2v) is 6.53.